The highest BCUT2D eigenvalue weighted by Gasteiger charge is 2.21. The van der Waals surface area contributed by atoms with E-state index in [4.69, 9.17) is 11.6 Å². The van der Waals surface area contributed by atoms with Crippen molar-refractivity contribution in [2.75, 3.05) is 39.8 Å². The van der Waals surface area contributed by atoms with Gasteiger partial charge in [-0.25, -0.2) is 4.39 Å². The Morgan fingerprint density at radius 3 is 2.59 bits per heavy atom. The molecule has 1 saturated heterocycles. The van der Waals surface area contributed by atoms with Crippen LogP contribution in [0.15, 0.2) is 18.2 Å². The number of piperazine rings is 1. The van der Waals surface area contributed by atoms with Gasteiger partial charge in [-0.3, -0.25) is 9.59 Å². The third-order valence-electron chi connectivity index (χ3n) is 3.36. The van der Waals surface area contributed by atoms with Crippen LogP contribution >= 0.6 is 24.0 Å². The second-order valence-corrected chi connectivity index (χ2v) is 5.33. The number of carbonyl (C=O) groups is 2. The molecule has 1 aromatic carbocycles. The Labute approximate surface area is 139 Å². The Balaban J connectivity index is 0.00000242. The van der Waals surface area contributed by atoms with Crippen LogP contribution in [0.3, 0.4) is 0 Å². The van der Waals surface area contributed by atoms with Crippen molar-refractivity contribution in [3.05, 3.63) is 34.6 Å². The summed E-state index contributed by atoms with van der Waals surface area (Å²) in [6.45, 7) is 2.80. The van der Waals surface area contributed by atoms with E-state index in [0.717, 1.165) is 19.2 Å². The first-order valence-corrected chi connectivity index (χ1v) is 7.06. The van der Waals surface area contributed by atoms with Crippen molar-refractivity contribution >= 4 is 35.8 Å². The minimum Gasteiger partial charge on any atom is -0.339 e. The van der Waals surface area contributed by atoms with Gasteiger partial charge in [-0.05, 0) is 18.2 Å². The number of likely N-dealkylation sites (N-methyl/N-ethyl adjacent to an activating group) is 1. The summed E-state index contributed by atoms with van der Waals surface area (Å²) in [7, 11) is 1.54. The highest BCUT2D eigenvalue weighted by atomic mass is 35.5. The third-order valence-corrected chi connectivity index (χ3v) is 3.65. The van der Waals surface area contributed by atoms with Crippen LogP contribution in [0.5, 0.6) is 0 Å². The van der Waals surface area contributed by atoms with E-state index in [1.165, 1.54) is 17.0 Å². The Kier molecular flexibility index (Phi) is 7.06. The van der Waals surface area contributed by atoms with Crippen molar-refractivity contribution in [1.82, 2.24) is 15.1 Å². The zero-order chi connectivity index (χ0) is 15.4. The molecule has 5 nitrogen and oxygen atoms in total. The molecule has 122 valence electrons. The lowest BCUT2D eigenvalue weighted by atomic mass is 10.2. The second-order valence-electron chi connectivity index (χ2n) is 4.92. The van der Waals surface area contributed by atoms with Gasteiger partial charge in [-0.2, -0.15) is 0 Å². The molecule has 8 heteroatoms. The summed E-state index contributed by atoms with van der Waals surface area (Å²) >= 11 is 5.66. The molecule has 0 spiro atoms. The molecule has 1 fully saturated rings. The van der Waals surface area contributed by atoms with Crippen LogP contribution < -0.4 is 5.32 Å². The normalized spacial score (nSPS) is 14.2. The molecule has 1 aromatic rings. The fourth-order valence-electron chi connectivity index (χ4n) is 2.14. The molecule has 1 aliphatic rings. The molecule has 0 unspecified atom stereocenters. The summed E-state index contributed by atoms with van der Waals surface area (Å²) in [5.74, 6) is -1.03. The molecular weight excluding hydrogens is 332 g/mol. The van der Waals surface area contributed by atoms with Gasteiger partial charge in [0.05, 0.1) is 11.6 Å². The molecule has 0 aliphatic carbocycles. The van der Waals surface area contributed by atoms with Gasteiger partial charge in [0.2, 0.25) is 5.91 Å². The minimum absolute atomic E-state index is 0. The predicted molar refractivity (Wildman–Crippen MR) is 85.1 cm³/mol. The molecule has 1 heterocycles. The van der Waals surface area contributed by atoms with Crippen molar-refractivity contribution in [2.45, 2.75) is 0 Å². The van der Waals surface area contributed by atoms with Gasteiger partial charge in [-0.15, -0.1) is 12.4 Å². The number of halogens is 3. The summed E-state index contributed by atoms with van der Waals surface area (Å²) in [6, 6.07) is 3.77. The molecule has 0 atom stereocenters. The maximum atomic E-state index is 13.1. The fourth-order valence-corrected chi connectivity index (χ4v) is 2.32. The lowest BCUT2D eigenvalue weighted by Crippen LogP contribution is -2.49. The van der Waals surface area contributed by atoms with E-state index >= 15 is 0 Å². The molecule has 2 amide bonds. The van der Waals surface area contributed by atoms with Crippen LogP contribution in [0.1, 0.15) is 10.4 Å². The SMILES string of the molecule is CN(CC(=O)N1CCNCC1)C(=O)c1ccc(F)c(Cl)c1.Cl. The summed E-state index contributed by atoms with van der Waals surface area (Å²) in [4.78, 5) is 27.3. The van der Waals surface area contributed by atoms with E-state index in [0.29, 0.717) is 13.1 Å². The van der Waals surface area contributed by atoms with Gasteiger partial charge >= 0.3 is 0 Å². The maximum Gasteiger partial charge on any atom is 0.254 e. The van der Waals surface area contributed by atoms with Crippen LogP contribution in [0.2, 0.25) is 5.02 Å². The minimum atomic E-state index is -0.576. The lowest BCUT2D eigenvalue weighted by molar-refractivity contribution is -0.132. The van der Waals surface area contributed by atoms with Crippen molar-refractivity contribution in [3.8, 4) is 0 Å². The quantitative estimate of drug-likeness (QED) is 0.897. The van der Waals surface area contributed by atoms with Crippen molar-refractivity contribution in [3.63, 3.8) is 0 Å². The largest absolute Gasteiger partial charge is 0.339 e. The molecule has 0 radical (unpaired) electrons. The summed E-state index contributed by atoms with van der Waals surface area (Å²) in [5, 5.41) is 3.05. The van der Waals surface area contributed by atoms with E-state index in [9.17, 15) is 14.0 Å². The van der Waals surface area contributed by atoms with Crippen LogP contribution in [-0.2, 0) is 4.79 Å². The van der Waals surface area contributed by atoms with Crippen LogP contribution in [0, 0.1) is 5.82 Å². The molecule has 1 aliphatic heterocycles. The van der Waals surface area contributed by atoms with Crippen LogP contribution in [0.25, 0.3) is 0 Å². The summed E-state index contributed by atoms with van der Waals surface area (Å²) in [5.41, 5.74) is 0.261. The number of hydrogen-bond acceptors (Lipinski definition) is 3. The molecule has 2 rings (SSSR count). The second kappa shape index (κ2) is 8.31. The van der Waals surface area contributed by atoms with E-state index in [1.807, 2.05) is 0 Å². The lowest BCUT2D eigenvalue weighted by Gasteiger charge is -2.29. The number of amides is 2. The van der Waals surface area contributed by atoms with Gasteiger partial charge < -0.3 is 15.1 Å². The smallest absolute Gasteiger partial charge is 0.254 e. The van der Waals surface area contributed by atoms with Crippen LogP contribution in [-0.4, -0.2) is 61.4 Å². The highest BCUT2D eigenvalue weighted by molar-refractivity contribution is 6.31. The molecule has 0 saturated carbocycles. The van der Waals surface area contributed by atoms with Gasteiger partial charge in [-0.1, -0.05) is 11.6 Å². The Bertz CT molecular complexity index is 551. The van der Waals surface area contributed by atoms with Crippen molar-refractivity contribution in [1.29, 1.82) is 0 Å². The average molecular weight is 350 g/mol. The molecule has 0 bridgehead atoms. The van der Waals surface area contributed by atoms with E-state index < -0.39 is 5.82 Å². The van der Waals surface area contributed by atoms with Gasteiger partial charge in [0, 0.05) is 38.8 Å². The highest BCUT2D eigenvalue weighted by Crippen LogP contribution is 2.17. The molecule has 1 N–H and O–H groups in total. The predicted octanol–water partition coefficient (Wildman–Crippen LogP) is 1.40. The number of benzene rings is 1. The first-order chi connectivity index (χ1) is 9.99. The van der Waals surface area contributed by atoms with Gasteiger partial charge in [0.25, 0.3) is 5.91 Å². The average Bonchev–Trinajstić information content (AvgIpc) is 2.50. The standard InChI is InChI=1S/C14H17ClFN3O2.ClH/c1-18(9-13(20)19-6-4-17-5-7-19)14(21)10-2-3-12(16)11(15)8-10;/h2-3,8,17H,4-7,9H2,1H3;1H. The number of nitrogens with zero attached hydrogens (tertiary/aromatic N) is 2. The number of nitrogens with one attached hydrogen (secondary N) is 1. The Hall–Kier alpha value is -1.37. The van der Waals surface area contributed by atoms with Gasteiger partial charge in [0.1, 0.15) is 5.82 Å². The zero-order valence-corrected chi connectivity index (χ0v) is 13.7. The number of carbonyl (C=O) groups excluding carboxylic acids is 2. The van der Waals surface area contributed by atoms with Crippen molar-refractivity contribution < 1.29 is 14.0 Å². The van der Waals surface area contributed by atoms with Crippen molar-refractivity contribution in [2.24, 2.45) is 0 Å². The fraction of sp³-hybridized carbons (Fsp3) is 0.429. The molecule has 0 aromatic heterocycles. The first-order valence-electron chi connectivity index (χ1n) is 6.68. The third kappa shape index (κ3) is 4.56. The van der Waals surface area contributed by atoms with E-state index in [2.05, 4.69) is 5.32 Å². The number of rotatable bonds is 3. The monoisotopic (exact) mass is 349 g/mol. The van der Waals surface area contributed by atoms with E-state index in [-0.39, 0.29) is 41.4 Å². The number of hydrogen-bond donors (Lipinski definition) is 1. The van der Waals surface area contributed by atoms with Gasteiger partial charge in [0.15, 0.2) is 0 Å². The Morgan fingerprint density at radius 2 is 2.00 bits per heavy atom. The summed E-state index contributed by atoms with van der Waals surface area (Å²) in [6.07, 6.45) is 0. The molecule has 22 heavy (non-hydrogen) atoms. The Morgan fingerprint density at radius 1 is 1.36 bits per heavy atom. The topological polar surface area (TPSA) is 52.7 Å². The maximum absolute atomic E-state index is 13.1. The first kappa shape index (κ1) is 18.7. The van der Waals surface area contributed by atoms with Crippen LogP contribution in [0.4, 0.5) is 4.39 Å². The zero-order valence-electron chi connectivity index (χ0n) is 12.1. The summed E-state index contributed by atoms with van der Waals surface area (Å²) < 4.78 is 13.1. The van der Waals surface area contributed by atoms with E-state index in [1.54, 1.807) is 11.9 Å². The molecular formula is C14H18Cl2FN3O2.